The van der Waals surface area contributed by atoms with E-state index >= 15 is 0 Å². The Morgan fingerprint density at radius 3 is 3.06 bits per heavy atom. The number of fused-ring (bicyclic) bond motifs is 1. The van der Waals surface area contributed by atoms with Gasteiger partial charge in [0.2, 0.25) is 5.91 Å². The standard InChI is InChI=1S/C13H16N2OS2/c1-3-4-7-17-13-15-11-6-5-10(14-9(2)16)8-12(11)18-13/h5-6,8H,3-4,7H2,1-2H3,(H,14,16). The fourth-order valence-corrected chi connectivity index (χ4v) is 3.81. The van der Waals surface area contributed by atoms with Crippen LogP contribution in [0.3, 0.4) is 0 Å². The van der Waals surface area contributed by atoms with Crippen LogP contribution < -0.4 is 5.32 Å². The van der Waals surface area contributed by atoms with Crippen molar-refractivity contribution in [1.29, 1.82) is 0 Å². The quantitative estimate of drug-likeness (QED) is 0.661. The zero-order chi connectivity index (χ0) is 13.0. The first kappa shape index (κ1) is 13.4. The molecule has 0 bridgehead atoms. The molecule has 0 aliphatic carbocycles. The second kappa shape index (κ2) is 6.20. The number of thiazole rings is 1. The van der Waals surface area contributed by atoms with Gasteiger partial charge in [-0.25, -0.2) is 4.98 Å². The molecule has 18 heavy (non-hydrogen) atoms. The molecule has 0 atom stereocenters. The van der Waals surface area contributed by atoms with Gasteiger partial charge in [-0.05, 0) is 24.6 Å². The van der Waals surface area contributed by atoms with Crippen LogP contribution in [0.5, 0.6) is 0 Å². The van der Waals surface area contributed by atoms with Crippen molar-refractivity contribution in [2.45, 2.75) is 31.0 Å². The molecule has 1 aromatic heterocycles. The van der Waals surface area contributed by atoms with Crippen molar-refractivity contribution in [1.82, 2.24) is 4.98 Å². The molecule has 0 unspecified atom stereocenters. The Hall–Kier alpha value is -1.07. The van der Waals surface area contributed by atoms with Crippen LogP contribution in [0.15, 0.2) is 22.5 Å². The SMILES string of the molecule is CCCCSc1nc2ccc(NC(C)=O)cc2s1. The summed E-state index contributed by atoms with van der Waals surface area (Å²) in [6, 6.07) is 5.84. The summed E-state index contributed by atoms with van der Waals surface area (Å²) in [6.07, 6.45) is 2.43. The minimum absolute atomic E-state index is 0.0450. The Morgan fingerprint density at radius 1 is 1.50 bits per heavy atom. The molecule has 1 amide bonds. The average molecular weight is 280 g/mol. The molecule has 0 saturated carbocycles. The number of hydrogen-bond donors (Lipinski definition) is 1. The molecule has 5 heteroatoms. The highest BCUT2D eigenvalue weighted by molar-refractivity contribution is 8.01. The minimum atomic E-state index is -0.0450. The molecule has 2 aromatic rings. The Bertz CT molecular complexity index is 551. The molecule has 0 aliphatic rings. The fraction of sp³-hybridized carbons (Fsp3) is 0.385. The smallest absolute Gasteiger partial charge is 0.221 e. The summed E-state index contributed by atoms with van der Waals surface area (Å²) >= 11 is 3.50. The predicted octanol–water partition coefficient (Wildman–Crippen LogP) is 4.15. The van der Waals surface area contributed by atoms with Crippen LogP contribution in [-0.2, 0) is 4.79 Å². The van der Waals surface area contributed by atoms with Crippen molar-refractivity contribution in [2.24, 2.45) is 0 Å². The van der Waals surface area contributed by atoms with Gasteiger partial charge >= 0.3 is 0 Å². The molecule has 3 nitrogen and oxygen atoms in total. The van der Waals surface area contributed by atoms with E-state index in [1.165, 1.54) is 19.8 Å². The van der Waals surface area contributed by atoms with E-state index in [-0.39, 0.29) is 5.91 Å². The number of hydrogen-bond acceptors (Lipinski definition) is 4. The summed E-state index contributed by atoms with van der Waals surface area (Å²) in [7, 11) is 0. The lowest BCUT2D eigenvalue weighted by atomic mass is 10.3. The average Bonchev–Trinajstić information content (AvgIpc) is 2.70. The van der Waals surface area contributed by atoms with Crippen molar-refractivity contribution in [3.63, 3.8) is 0 Å². The highest BCUT2D eigenvalue weighted by Gasteiger charge is 2.05. The van der Waals surface area contributed by atoms with E-state index in [2.05, 4.69) is 17.2 Å². The van der Waals surface area contributed by atoms with E-state index in [1.54, 1.807) is 11.3 Å². The molecule has 0 fully saturated rings. The maximum Gasteiger partial charge on any atom is 0.221 e. The van der Waals surface area contributed by atoms with Gasteiger partial charge < -0.3 is 5.32 Å². The number of carbonyl (C=O) groups excluding carboxylic acids is 1. The zero-order valence-corrected chi connectivity index (χ0v) is 12.2. The Labute approximate surface area is 115 Å². The maximum absolute atomic E-state index is 11.0. The molecule has 0 saturated heterocycles. The van der Waals surface area contributed by atoms with Gasteiger partial charge in [0, 0.05) is 18.4 Å². The van der Waals surface area contributed by atoms with Crippen LogP contribution in [0.25, 0.3) is 10.2 Å². The first-order chi connectivity index (χ1) is 8.69. The fourth-order valence-electron chi connectivity index (χ4n) is 1.55. The van der Waals surface area contributed by atoms with Crippen LogP contribution in [0.1, 0.15) is 26.7 Å². The number of nitrogens with zero attached hydrogens (tertiary/aromatic N) is 1. The van der Waals surface area contributed by atoms with E-state index in [0.717, 1.165) is 26.0 Å². The van der Waals surface area contributed by atoms with E-state index in [0.29, 0.717) is 0 Å². The third-order valence-electron chi connectivity index (χ3n) is 2.41. The van der Waals surface area contributed by atoms with Crippen LogP contribution in [0, 0.1) is 0 Å². The van der Waals surface area contributed by atoms with Gasteiger partial charge in [0.05, 0.1) is 10.2 Å². The number of amides is 1. The molecule has 1 N–H and O–H groups in total. The normalized spacial score (nSPS) is 10.8. The summed E-state index contributed by atoms with van der Waals surface area (Å²) in [4.78, 5) is 15.6. The lowest BCUT2D eigenvalue weighted by Gasteiger charge is -1.99. The zero-order valence-electron chi connectivity index (χ0n) is 10.5. The Kier molecular flexibility index (Phi) is 4.60. The lowest BCUT2D eigenvalue weighted by Crippen LogP contribution is -2.05. The summed E-state index contributed by atoms with van der Waals surface area (Å²) < 4.78 is 2.23. The molecule has 0 spiro atoms. The summed E-state index contributed by atoms with van der Waals surface area (Å²) in [5, 5.41) is 2.79. The van der Waals surface area contributed by atoms with E-state index in [1.807, 2.05) is 30.0 Å². The Morgan fingerprint density at radius 2 is 2.33 bits per heavy atom. The third-order valence-corrected chi connectivity index (χ3v) is 4.66. The maximum atomic E-state index is 11.0. The molecular formula is C13H16N2OS2. The topological polar surface area (TPSA) is 42.0 Å². The predicted molar refractivity (Wildman–Crippen MR) is 79.6 cm³/mol. The van der Waals surface area contributed by atoms with Gasteiger partial charge in [-0.1, -0.05) is 25.1 Å². The molecule has 0 aliphatic heterocycles. The summed E-state index contributed by atoms with van der Waals surface area (Å²) in [5.74, 6) is 1.07. The number of aromatic nitrogens is 1. The van der Waals surface area contributed by atoms with Gasteiger partial charge in [0.15, 0.2) is 4.34 Å². The van der Waals surface area contributed by atoms with Crippen LogP contribution in [-0.4, -0.2) is 16.6 Å². The second-order valence-electron chi connectivity index (χ2n) is 4.05. The molecule has 2 rings (SSSR count). The number of rotatable bonds is 5. The molecule has 1 heterocycles. The molecule has 1 aromatic carbocycles. The van der Waals surface area contributed by atoms with Gasteiger partial charge in [-0.2, -0.15) is 0 Å². The highest BCUT2D eigenvalue weighted by Crippen LogP contribution is 2.31. The number of thioether (sulfide) groups is 1. The highest BCUT2D eigenvalue weighted by atomic mass is 32.2. The van der Waals surface area contributed by atoms with Gasteiger partial charge in [-0.15, -0.1) is 11.3 Å². The van der Waals surface area contributed by atoms with Crippen molar-refractivity contribution >= 4 is 44.9 Å². The number of unbranched alkanes of at least 4 members (excludes halogenated alkanes) is 1. The monoisotopic (exact) mass is 280 g/mol. The lowest BCUT2D eigenvalue weighted by molar-refractivity contribution is -0.114. The van der Waals surface area contributed by atoms with E-state index < -0.39 is 0 Å². The number of anilines is 1. The Balaban J connectivity index is 2.14. The van der Waals surface area contributed by atoms with Gasteiger partial charge in [0.25, 0.3) is 0 Å². The second-order valence-corrected chi connectivity index (χ2v) is 6.42. The largest absolute Gasteiger partial charge is 0.326 e. The molecule has 96 valence electrons. The van der Waals surface area contributed by atoms with Gasteiger partial charge in [-0.3, -0.25) is 4.79 Å². The summed E-state index contributed by atoms with van der Waals surface area (Å²) in [5.41, 5.74) is 1.84. The number of nitrogens with one attached hydrogen (secondary N) is 1. The molecular weight excluding hydrogens is 264 g/mol. The number of carbonyl (C=O) groups is 1. The van der Waals surface area contributed by atoms with Crippen LogP contribution >= 0.6 is 23.1 Å². The molecule has 0 radical (unpaired) electrons. The van der Waals surface area contributed by atoms with E-state index in [4.69, 9.17) is 0 Å². The van der Waals surface area contributed by atoms with Crippen molar-refractivity contribution in [3.8, 4) is 0 Å². The van der Waals surface area contributed by atoms with Crippen LogP contribution in [0.2, 0.25) is 0 Å². The first-order valence-electron chi connectivity index (χ1n) is 6.00. The third kappa shape index (κ3) is 3.46. The van der Waals surface area contributed by atoms with E-state index in [9.17, 15) is 4.79 Å². The summed E-state index contributed by atoms with van der Waals surface area (Å²) in [6.45, 7) is 3.71. The first-order valence-corrected chi connectivity index (χ1v) is 7.80. The van der Waals surface area contributed by atoms with Crippen molar-refractivity contribution in [2.75, 3.05) is 11.1 Å². The number of benzene rings is 1. The van der Waals surface area contributed by atoms with Crippen molar-refractivity contribution in [3.05, 3.63) is 18.2 Å². The van der Waals surface area contributed by atoms with Gasteiger partial charge in [0.1, 0.15) is 0 Å². The van der Waals surface area contributed by atoms with Crippen molar-refractivity contribution < 1.29 is 4.79 Å². The van der Waals surface area contributed by atoms with Crippen LogP contribution in [0.4, 0.5) is 5.69 Å². The minimum Gasteiger partial charge on any atom is -0.326 e.